The largest absolute Gasteiger partial charge is 0.497 e. The highest BCUT2D eigenvalue weighted by Crippen LogP contribution is 2.23. The summed E-state index contributed by atoms with van der Waals surface area (Å²) in [6.07, 6.45) is 0. The Bertz CT molecular complexity index is 1300. The zero-order valence-corrected chi connectivity index (χ0v) is 18.2. The Hall–Kier alpha value is -4.24. The fourth-order valence-electron chi connectivity index (χ4n) is 3.09. The molecule has 166 valence electrons. The molecule has 0 aliphatic carbocycles. The van der Waals surface area contributed by atoms with Gasteiger partial charge in [-0.1, -0.05) is 29.8 Å². The van der Waals surface area contributed by atoms with E-state index in [0.29, 0.717) is 28.7 Å². The van der Waals surface area contributed by atoms with E-state index in [0.717, 1.165) is 10.2 Å². The number of anilines is 1. The van der Waals surface area contributed by atoms with Gasteiger partial charge in [-0.25, -0.2) is 0 Å². The van der Waals surface area contributed by atoms with Gasteiger partial charge in [0.1, 0.15) is 5.75 Å². The van der Waals surface area contributed by atoms with Crippen LogP contribution in [0.25, 0.3) is 11.4 Å². The predicted molar refractivity (Wildman–Crippen MR) is 124 cm³/mol. The lowest BCUT2D eigenvalue weighted by molar-refractivity contribution is -0.384. The standard InChI is InChI=1S/C23H18ClN5O4/c1-33-19-12-8-15(9-13-19)21-26-23(25-14-17-4-2-3-5-20(17)24)28(27-21)22(30)16-6-10-18(11-7-16)29(31)32/h2-13H,14H2,1H3,(H,25,26,27). The Morgan fingerprint density at radius 1 is 1.09 bits per heavy atom. The van der Waals surface area contributed by atoms with Gasteiger partial charge in [0.2, 0.25) is 5.95 Å². The number of benzene rings is 3. The van der Waals surface area contributed by atoms with E-state index < -0.39 is 10.8 Å². The number of aromatic nitrogens is 3. The summed E-state index contributed by atoms with van der Waals surface area (Å²) in [6, 6.07) is 19.7. The third-order valence-electron chi connectivity index (χ3n) is 4.87. The van der Waals surface area contributed by atoms with Crippen LogP contribution >= 0.6 is 11.6 Å². The number of nitro groups is 1. The summed E-state index contributed by atoms with van der Waals surface area (Å²) in [5, 5.41) is 19.0. The molecule has 0 unspecified atom stereocenters. The van der Waals surface area contributed by atoms with Crippen molar-refractivity contribution in [2.24, 2.45) is 0 Å². The summed E-state index contributed by atoms with van der Waals surface area (Å²) in [4.78, 5) is 28.1. The molecule has 0 bridgehead atoms. The Labute approximate surface area is 193 Å². The Morgan fingerprint density at radius 2 is 1.79 bits per heavy atom. The summed E-state index contributed by atoms with van der Waals surface area (Å²) in [5.41, 5.74) is 1.63. The highest BCUT2D eigenvalue weighted by Gasteiger charge is 2.20. The molecule has 0 atom stereocenters. The first kappa shape index (κ1) is 22.0. The summed E-state index contributed by atoms with van der Waals surface area (Å²) in [5.74, 6) is 0.731. The first-order chi connectivity index (χ1) is 16.0. The van der Waals surface area contributed by atoms with Crippen molar-refractivity contribution in [2.75, 3.05) is 12.4 Å². The number of carbonyl (C=O) groups excluding carboxylic acids is 1. The first-order valence-corrected chi connectivity index (χ1v) is 10.2. The molecule has 10 heteroatoms. The number of hydrogen-bond acceptors (Lipinski definition) is 7. The van der Waals surface area contributed by atoms with E-state index in [9.17, 15) is 14.9 Å². The minimum atomic E-state index is -0.526. The van der Waals surface area contributed by atoms with Gasteiger partial charge < -0.3 is 10.1 Å². The van der Waals surface area contributed by atoms with Crippen LogP contribution in [0.2, 0.25) is 5.02 Å². The lowest BCUT2D eigenvalue weighted by atomic mass is 10.2. The van der Waals surface area contributed by atoms with Crippen molar-refractivity contribution in [3.8, 4) is 17.1 Å². The monoisotopic (exact) mass is 463 g/mol. The smallest absolute Gasteiger partial charge is 0.281 e. The third-order valence-corrected chi connectivity index (χ3v) is 5.24. The maximum absolute atomic E-state index is 13.2. The van der Waals surface area contributed by atoms with Gasteiger partial charge in [-0.3, -0.25) is 14.9 Å². The number of ether oxygens (including phenoxy) is 1. The third kappa shape index (κ3) is 4.83. The molecular formula is C23H18ClN5O4. The van der Waals surface area contributed by atoms with Crippen molar-refractivity contribution >= 4 is 29.1 Å². The number of halogens is 1. The van der Waals surface area contributed by atoms with Crippen LogP contribution in [0, 0.1) is 10.1 Å². The fourth-order valence-corrected chi connectivity index (χ4v) is 3.30. The second-order valence-electron chi connectivity index (χ2n) is 6.95. The molecule has 1 heterocycles. The summed E-state index contributed by atoms with van der Waals surface area (Å²) >= 11 is 6.24. The second-order valence-corrected chi connectivity index (χ2v) is 7.36. The Balaban J connectivity index is 1.69. The van der Waals surface area contributed by atoms with Gasteiger partial charge in [-0.05, 0) is 48.0 Å². The molecule has 0 spiro atoms. The summed E-state index contributed by atoms with van der Waals surface area (Å²) in [6.45, 7) is 0.313. The highest BCUT2D eigenvalue weighted by atomic mass is 35.5. The van der Waals surface area contributed by atoms with Crippen LogP contribution in [0.3, 0.4) is 0 Å². The number of nitrogens with one attached hydrogen (secondary N) is 1. The number of hydrogen-bond donors (Lipinski definition) is 1. The van der Waals surface area contributed by atoms with Crippen molar-refractivity contribution in [3.63, 3.8) is 0 Å². The zero-order valence-electron chi connectivity index (χ0n) is 17.4. The number of nitrogens with zero attached hydrogens (tertiary/aromatic N) is 4. The maximum atomic E-state index is 13.2. The molecule has 1 aromatic heterocycles. The van der Waals surface area contributed by atoms with Gasteiger partial charge in [-0.15, -0.1) is 5.10 Å². The average molecular weight is 464 g/mol. The average Bonchev–Trinajstić information content (AvgIpc) is 3.27. The molecule has 33 heavy (non-hydrogen) atoms. The molecule has 0 fully saturated rings. The quantitative estimate of drug-likeness (QED) is 0.309. The first-order valence-electron chi connectivity index (χ1n) is 9.84. The molecule has 0 saturated heterocycles. The van der Waals surface area contributed by atoms with Gasteiger partial charge >= 0.3 is 0 Å². The highest BCUT2D eigenvalue weighted by molar-refractivity contribution is 6.31. The predicted octanol–water partition coefficient (Wildman–Crippen LogP) is 4.82. The van der Waals surface area contributed by atoms with Gasteiger partial charge in [0.25, 0.3) is 11.6 Å². The second kappa shape index (κ2) is 9.49. The van der Waals surface area contributed by atoms with E-state index in [-0.39, 0.29) is 17.2 Å². The molecule has 0 aliphatic heterocycles. The molecule has 0 radical (unpaired) electrons. The van der Waals surface area contributed by atoms with Crippen molar-refractivity contribution in [1.82, 2.24) is 14.8 Å². The van der Waals surface area contributed by atoms with E-state index in [1.807, 2.05) is 18.2 Å². The summed E-state index contributed by atoms with van der Waals surface area (Å²) in [7, 11) is 1.57. The summed E-state index contributed by atoms with van der Waals surface area (Å²) < 4.78 is 6.32. The maximum Gasteiger partial charge on any atom is 0.281 e. The van der Waals surface area contributed by atoms with Crippen LogP contribution in [0.4, 0.5) is 11.6 Å². The van der Waals surface area contributed by atoms with Crippen molar-refractivity contribution < 1.29 is 14.5 Å². The molecule has 3 aromatic carbocycles. The number of carbonyl (C=O) groups is 1. The lowest BCUT2D eigenvalue weighted by Gasteiger charge is -2.08. The Morgan fingerprint density at radius 3 is 2.42 bits per heavy atom. The molecule has 0 amide bonds. The Kier molecular flexibility index (Phi) is 6.32. The molecule has 0 saturated carbocycles. The molecule has 4 aromatic rings. The molecule has 4 rings (SSSR count). The van der Waals surface area contributed by atoms with E-state index in [1.165, 1.54) is 24.3 Å². The topological polar surface area (TPSA) is 112 Å². The van der Waals surface area contributed by atoms with Crippen molar-refractivity contribution in [3.05, 3.63) is 99.1 Å². The van der Waals surface area contributed by atoms with E-state index in [1.54, 1.807) is 37.4 Å². The van der Waals surface area contributed by atoms with Crippen LogP contribution in [-0.4, -0.2) is 32.7 Å². The number of non-ortho nitro benzene ring substituents is 1. The number of nitro benzene ring substituents is 1. The SMILES string of the molecule is COc1ccc(-c2nc(NCc3ccccc3Cl)n(C(=O)c3ccc([N+](=O)[O-])cc3)n2)cc1. The zero-order chi connectivity index (χ0) is 23.4. The van der Waals surface area contributed by atoms with E-state index in [4.69, 9.17) is 16.3 Å². The number of rotatable bonds is 7. The molecule has 1 N–H and O–H groups in total. The van der Waals surface area contributed by atoms with Crippen LogP contribution in [0.5, 0.6) is 5.75 Å². The van der Waals surface area contributed by atoms with Crippen LogP contribution in [0.1, 0.15) is 15.9 Å². The molecular weight excluding hydrogens is 446 g/mol. The van der Waals surface area contributed by atoms with Crippen LogP contribution < -0.4 is 10.1 Å². The lowest BCUT2D eigenvalue weighted by Crippen LogP contribution is -2.17. The van der Waals surface area contributed by atoms with E-state index in [2.05, 4.69) is 15.4 Å². The van der Waals surface area contributed by atoms with Crippen molar-refractivity contribution in [1.29, 1.82) is 0 Å². The molecule has 9 nitrogen and oxygen atoms in total. The van der Waals surface area contributed by atoms with Gasteiger partial charge in [0.05, 0.1) is 12.0 Å². The molecule has 0 aliphatic rings. The van der Waals surface area contributed by atoms with E-state index >= 15 is 0 Å². The normalized spacial score (nSPS) is 10.6. The van der Waals surface area contributed by atoms with Crippen LogP contribution in [-0.2, 0) is 6.54 Å². The van der Waals surface area contributed by atoms with Crippen molar-refractivity contribution in [2.45, 2.75) is 6.54 Å². The minimum absolute atomic E-state index is 0.110. The van der Waals surface area contributed by atoms with Crippen LogP contribution in [0.15, 0.2) is 72.8 Å². The van der Waals surface area contributed by atoms with Gasteiger partial charge in [0.15, 0.2) is 5.82 Å². The number of methoxy groups -OCH3 is 1. The minimum Gasteiger partial charge on any atom is -0.497 e. The van der Waals surface area contributed by atoms with Gasteiger partial charge in [0, 0.05) is 34.8 Å². The van der Waals surface area contributed by atoms with Gasteiger partial charge in [-0.2, -0.15) is 9.67 Å². The fraction of sp³-hybridized carbons (Fsp3) is 0.0870.